The maximum Gasteiger partial charge on any atom is 0.498 e. The van der Waals surface area contributed by atoms with Crippen LogP contribution in [0.4, 0.5) is 5.95 Å². The van der Waals surface area contributed by atoms with E-state index in [9.17, 15) is 0 Å². The summed E-state index contributed by atoms with van der Waals surface area (Å²) >= 11 is 0. The number of nitrogen functional groups attached to an aromatic ring is 1. The van der Waals surface area contributed by atoms with Crippen molar-refractivity contribution in [3.05, 3.63) is 12.4 Å². The van der Waals surface area contributed by atoms with Gasteiger partial charge >= 0.3 is 7.12 Å². The Morgan fingerprint density at radius 2 is 1.39 bits per heavy atom. The molecule has 6 heteroatoms. The highest BCUT2D eigenvalue weighted by atomic mass is 16.7. The molecule has 1 aromatic heterocycles. The maximum absolute atomic E-state index is 5.85. The molecular weight excluding hydrogens is 229 g/mol. The third kappa shape index (κ3) is 2.81. The van der Waals surface area contributed by atoms with Gasteiger partial charge in [-0.15, -0.1) is 0 Å². The third-order valence-electron chi connectivity index (χ3n) is 3.22. The molecule has 2 N–H and O–H groups in total. The van der Waals surface area contributed by atoms with Crippen molar-refractivity contribution in [2.24, 2.45) is 0 Å². The van der Waals surface area contributed by atoms with Gasteiger partial charge in [-0.3, -0.25) is 0 Å². The molecule has 0 atom stereocenters. The lowest BCUT2D eigenvalue weighted by Crippen LogP contribution is -2.41. The van der Waals surface area contributed by atoms with E-state index in [-0.39, 0.29) is 17.2 Å². The highest BCUT2D eigenvalue weighted by molar-refractivity contribution is 6.61. The Labute approximate surface area is 109 Å². The first kappa shape index (κ1) is 14.9. The van der Waals surface area contributed by atoms with E-state index < -0.39 is 7.12 Å². The lowest BCUT2D eigenvalue weighted by molar-refractivity contribution is 0.00578. The summed E-state index contributed by atoms with van der Waals surface area (Å²) in [5.41, 5.74) is 5.52. The first-order chi connectivity index (χ1) is 8.32. The zero-order valence-corrected chi connectivity index (χ0v) is 12.0. The highest BCUT2D eigenvalue weighted by Gasteiger charge is 2.51. The number of hydrogen-bond donors (Lipinski definition) is 1. The van der Waals surface area contributed by atoms with Crippen LogP contribution in [-0.2, 0) is 9.31 Å². The smallest absolute Gasteiger partial charge is 0.399 e. The van der Waals surface area contributed by atoms with Gasteiger partial charge in [0.1, 0.15) is 0 Å². The Bertz CT molecular complexity index is 377. The molecule has 0 aromatic carbocycles. The minimum absolute atomic E-state index is 0.250. The molecule has 1 aromatic rings. The number of nitrogens with zero attached hydrogens (tertiary/aromatic N) is 2. The van der Waals surface area contributed by atoms with Gasteiger partial charge in [0.05, 0.1) is 11.2 Å². The Morgan fingerprint density at radius 3 is 1.78 bits per heavy atom. The van der Waals surface area contributed by atoms with Crippen LogP contribution in [0.25, 0.3) is 0 Å². The van der Waals surface area contributed by atoms with Crippen LogP contribution in [0.1, 0.15) is 41.5 Å². The predicted molar refractivity (Wildman–Crippen MR) is 73.5 cm³/mol. The first-order valence-corrected chi connectivity index (χ1v) is 6.25. The van der Waals surface area contributed by atoms with Gasteiger partial charge in [0.2, 0.25) is 5.95 Å². The molecule has 0 bridgehead atoms. The van der Waals surface area contributed by atoms with E-state index >= 15 is 0 Å². The van der Waals surface area contributed by atoms with E-state index in [4.69, 9.17) is 15.0 Å². The lowest BCUT2D eigenvalue weighted by atomic mass is 9.81. The molecular formula is C12H22BN3O2. The number of rotatable bonds is 1. The second-order valence-electron chi connectivity index (χ2n) is 4.96. The fourth-order valence-corrected chi connectivity index (χ4v) is 1.45. The summed E-state index contributed by atoms with van der Waals surface area (Å²) < 4.78 is 11.7. The summed E-state index contributed by atoms with van der Waals surface area (Å²) in [5, 5.41) is 0. The van der Waals surface area contributed by atoms with Gasteiger partial charge in [0.25, 0.3) is 0 Å². The third-order valence-corrected chi connectivity index (χ3v) is 3.22. The van der Waals surface area contributed by atoms with Gasteiger partial charge in [-0.25, -0.2) is 9.97 Å². The van der Waals surface area contributed by atoms with Gasteiger partial charge in [-0.1, -0.05) is 13.8 Å². The molecule has 0 spiro atoms. The second-order valence-corrected chi connectivity index (χ2v) is 4.96. The van der Waals surface area contributed by atoms with E-state index in [1.807, 2.05) is 41.5 Å². The normalized spacial score (nSPS) is 20.2. The molecule has 100 valence electrons. The summed E-state index contributed by atoms with van der Waals surface area (Å²) in [6, 6.07) is 0. The van der Waals surface area contributed by atoms with E-state index in [0.29, 0.717) is 0 Å². The summed E-state index contributed by atoms with van der Waals surface area (Å²) in [5.74, 6) is 0.250. The van der Waals surface area contributed by atoms with E-state index in [2.05, 4.69) is 9.97 Å². The largest absolute Gasteiger partial charge is 0.498 e. The molecule has 1 aliphatic heterocycles. The van der Waals surface area contributed by atoms with Crippen molar-refractivity contribution in [2.75, 3.05) is 5.73 Å². The van der Waals surface area contributed by atoms with Gasteiger partial charge in [0, 0.05) is 17.9 Å². The van der Waals surface area contributed by atoms with Crippen molar-refractivity contribution in [1.29, 1.82) is 0 Å². The molecule has 2 rings (SSSR count). The van der Waals surface area contributed by atoms with Gasteiger partial charge in [-0.05, 0) is 27.7 Å². The van der Waals surface area contributed by atoms with Crippen LogP contribution < -0.4 is 11.2 Å². The molecule has 0 aliphatic carbocycles. The van der Waals surface area contributed by atoms with Crippen molar-refractivity contribution in [3.8, 4) is 0 Å². The Morgan fingerprint density at radius 1 is 1.00 bits per heavy atom. The summed E-state index contributed by atoms with van der Waals surface area (Å²) in [6.07, 6.45) is 3.26. The topological polar surface area (TPSA) is 70.3 Å². The quantitative estimate of drug-likeness (QED) is 0.763. The van der Waals surface area contributed by atoms with E-state index in [0.717, 1.165) is 5.46 Å². The van der Waals surface area contributed by atoms with Crippen LogP contribution in [0.2, 0.25) is 0 Å². The van der Waals surface area contributed by atoms with Crippen LogP contribution >= 0.6 is 0 Å². The minimum Gasteiger partial charge on any atom is -0.399 e. The molecule has 1 aliphatic rings. The highest BCUT2D eigenvalue weighted by Crippen LogP contribution is 2.36. The first-order valence-electron chi connectivity index (χ1n) is 6.25. The zero-order chi connectivity index (χ0) is 14.0. The summed E-state index contributed by atoms with van der Waals surface area (Å²) in [6.45, 7) is 12.0. The van der Waals surface area contributed by atoms with Crippen molar-refractivity contribution in [3.63, 3.8) is 0 Å². The Balaban J connectivity index is 0.000000771. The van der Waals surface area contributed by atoms with E-state index in [1.54, 1.807) is 12.4 Å². The van der Waals surface area contributed by atoms with Crippen LogP contribution in [0, 0.1) is 0 Å². The second kappa shape index (κ2) is 5.24. The number of nitrogens with two attached hydrogens (primary N) is 1. The molecule has 5 nitrogen and oxygen atoms in total. The van der Waals surface area contributed by atoms with Gasteiger partial charge in [0.15, 0.2) is 0 Å². The fraction of sp³-hybridized carbons (Fsp3) is 0.667. The van der Waals surface area contributed by atoms with Crippen molar-refractivity contribution < 1.29 is 9.31 Å². The maximum atomic E-state index is 5.85. The molecule has 1 fully saturated rings. The minimum atomic E-state index is -0.425. The summed E-state index contributed by atoms with van der Waals surface area (Å²) in [7, 11) is -0.425. The van der Waals surface area contributed by atoms with Crippen LogP contribution in [0.5, 0.6) is 0 Å². The average molecular weight is 251 g/mol. The number of hydrogen-bond acceptors (Lipinski definition) is 5. The molecule has 18 heavy (non-hydrogen) atoms. The Hall–Kier alpha value is -1.14. The molecule has 2 heterocycles. The SMILES string of the molecule is CC.CC1(C)OB(c2cnc(N)nc2)OC1(C)C. The van der Waals surface area contributed by atoms with Crippen LogP contribution in [0.3, 0.4) is 0 Å². The molecule has 0 amide bonds. The lowest BCUT2D eigenvalue weighted by Gasteiger charge is -2.32. The number of aromatic nitrogens is 2. The Kier molecular flexibility index (Phi) is 4.34. The molecule has 0 saturated carbocycles. The van der Waals surface area contributed by atoms with Crippen molar-refractivity contribution >= 4 is 18.5 Å². The number of anilines is 1. The van der Waals surface area contributed by atoms with Crippen molar-refractivity contribution in [1.82, 2.24) is 9.97 Å². The average Bonchev–Trinajstić information content (AvgIpc) is 2.52. The zero-order valence-electron chi connectivity index (χ0n) is 12.0. The standard InChI is InChI=1S/C10H16BN3O2.C2H6/c1-9(2)10(3,4)16-11(15-9)7-5-13-8(12)14-6-7;1-2/h5-6H,1-4H3,(H2,12,13,14);1-2H3. The van der Waals surface area contributed by atoms with Crippen molar-refractivity contribution in [2.45, 2.75) is 52.7 Å². The van der Waals surface area contributed by atoms with Gasteiger partial charge < -0.3 is 15.0 Å². The van der Waals surface area contributed by atoms with E-state index in [1.165, 1.54) is 0 Å². The fourth-order valence-electron chi connectivity index (χ4n) is 1.45. The predicted octanol–water partition coefficient (Wildman–Crippen LogP) is 1.38. The molecule has 0 unspecified atom stereocenters. The van der Waals surface area contributed by atoms with Crippen LogP contribution in [0.15, 0.2) is 12.4 Å². The van der Waals surface area contributed by atoms with Crippen LogP contribution in [-0.4, -0.2) is 28.3 Å². The molecule has 0 radical (unpaired) electrons. The molecule has 1 saturated heterocycles. The monoisotopic (exact) mass is 251 g/mol. The summed E-state index contributed by atoms with van der Waals surface area (Å²) in [4.78, 5) is 7.85. The van der Waals surface area contributed by atoms with Gasteiger partial charge in [-0.2, -0.15) is 0 Å².